The van der Waals surface area contributed by atoms with E-state index >= 15 is 0 Å². The van der Waals surface area contributed by atoms with E-state index in [1.165, 1.54) is 0 Å². The number of aromatic amines is 2. The predicted octanol–water partition coefficient (Wildman–Crippen LogP) is 1.89. The van der Waals surface area contributed by atoms with Gasteiger partial charge in [0.1, 0.15) is 5.69 Å². The predicted molar refractivity (Wildman–Crippen MR) is 73.5 cm³/mol. The Morgan fingerprint density at radius 3 is 3.00 bits per heavy atom. The molecule has 5 heteroatoms. The first-order valence-corrected chi connectivity index (χ1v) is 6.04. The standard InChI is InChI=1S/C14H14N4O/c1-8-2-3-9(5-13(15)19)4-10(8)14-11-6-16-7-12(11)17-18-14/h2-4,6-7,16-17H,5H2,1H3,(H2,15,19). The summed E-state index contributed by atoms with van der Waals surface area (Å²) < 4.78 is 0. The van der Waals surface area contributed by atoms with Crippen LogP contribution in [-0.2, 0) is 11.2 Å². The zero-order valence-electron chi connectivity index (χ0n) is 10.5. The van der Waals surface area contributed by atoms with Crippen molar-refractivity contribution in [2.24, 2.45) is 5.73 Å². The molecule has 0 atom stereocenters. The van der Waals surface area contributed by atoms with Gasteiger partial charge in [0, 0.05) is 23.3 Å². The summed E-state index contributed by atoms with van der Waals surface area (Å²) in [6.45, 7) is 2.02. The topological polar surface area (TPSA) is 87.6 Å². The molecule has 0 saturated heterocycles. The highest BCUT2D eigenvalue weighted by atomic mass is 16.1. The van der Waals surface area contributed by atoms with Gasteiger partial charge in [0.2, 0.25) is 5.91 Å². The highest BCUT2D eigenvalue weighted by Crippen LogP contribution is 2.29. The molecule has 2 heterocycles. The van der Waals surface area contributed by atoms with Gasteiger partial charge in [-0.3, -0.25) is 9.89 Å². The number of rotatable bonds is 3. The van der Waals surface area contributed by atoms with Crippen LogP contribution >= 0.6 is 0 Å². The van der Waals surface area contributed by atoms with Crippen LogP contribution in [0.4, 0.5) is 0 Å². The van der Waals surface area contributed by atoms with Crippen LogP contribution in [0.25, 0.3) is 22.2 Å². The zero-order valence-corrected chi connectivity index (χ0v) is 10.5. The van der Waals surface area contributed by atoms with Crippen LogP contribution in [0.15, 0.2) is 30.6 Å². The van der Waals surface area contributed by atoms with Crippen molar-refractivity contribution < 1.29 is 4.79 Å². The molecule has 0 aliphatic rings. The number of H-pyrrole nitrogens is 2. The smallest absolute Gasteiger partial charge is 0.221 e. The van der Waals surface area contributed by atoms with E-state index in [1.807, 2.05) is 37.5 Å². The Kier molecular flexibility index (Phi) is 2.59. The molecule has 96 valence electrons. The molecule has 0 aliphatic carbocycles. The van der Waals surface area contributed by atoms with Crippen LogP contribution in [0.1, 0.15) is 11.1 Å². The van der Waals surface area contributed by atoms with Gasteiger partial charge in [0.15, 0.2) is 0 Å². The summed E-state index contributed by atoms with van der Waals surface area (Å²) in [4.78, 5) is 14.1. The van der Waals surface area contributed by atoms with Gasteiger partial charge in [-0.05, 0) is 24.1 Å². The number of carbonyl (C=O) groups excluding carboxylic acids is 1. The number of nitrogens with one attached hydrogen (secondary N) is 2. The van der Waals surface area contributed by atoms with Crippen LogP contribution in [0, 0.1) is 6.92 Å². The molecule has 2 aromatic heterocycles. The average Bonchev–Trinajstić information content (AvgIpc) is 2.93. The first-order chi connectivity index (χ1) is 9.15. The maximum atomic E-state index is 11.0. The summed E-state index contributed by atoms with van der Waals surface area (Å²) >= 11 is 0. The number of hydrogen-bond donors (Lipinski definition) is 3. The monoisotopic (exact) mass is 254 g/mol. The van der Waals surface area contributed by atoms with E-state index in [2.05, 4.69) is 15.2 Å². The summed E-state index contributed by atoms with van der Waals surface area (Å²) in [6, 6.07) is 5.88. The number of nitrogens with zero attached hydrogens (tertiary/aromatic N) is 1. The quantitative estimate of drug-likeness (QED) is 0.666. The Morgan fingerprint density at radius 1 is 1.37 bits per heavy atom. The van der Waals surface area contributed by atoms with Gasteiger partial charge in [0.25, 0.3) is 0 Å². The van der Waals surface area contributed by atoms with E-state index in [0.717, 1.165) is 33.3 Å². The number of nitrogens with two attached hydrogens (primary N) is 1. The second-order valence-electron chi connectivity index (χ2n) is 4.65. The van der Waals surface area contributed by atoms with Crippen LogP contribution in [0.5, 0.6) is 0 Å². The first-order valence-electron chi connectivity index (χ1n) is 6.04. The normalized spacial score (nSPS) is 11.0. The van der Waals surface area contributed by atoms with Crippen molar-refractivity contribution in [2.45, 2.75) is 13.3 Å². The van der Waals surface area contributed by atoms with Crippen LogP contribution in [0.3, 0.4) is 0 Å². The van der Waals surface area contributed by atoms with E-state index in [0.29, 0.717) is 0 Å². The highest BCUT2D eigenvalue weighted by molar-refractivity contribution is 5.93. The molecule has 0 aliphatic heterocycles. The minimum Gasteiger partial charge on any atom is -0.369 e. The van der Waals surface area contributed by atoms with Gasteiger partial charge >= 0.3 is 0 Å². The second-order valence-corrected chi connectivity index (χ2v) is 4.65. The van der Waals surface area contributed by atoms with Crippen molar-refractivity contribution in [3.05, 3.63) is 41.7 Å². The molecule has 19 heavy (non-hydrogen) atoms. The lowest BCUT2D eigenvalue weighted by molar-refractivity contribution is -0.117. The van der Waals surface area contributed by atoms with Crippen LogP contribution < -0.4 is 5.73 Å². The van der Waals surface area contributed by atoms with Crippen molar-refractivity contribution >= 4 is 16.8 Å². The Balaban J connectivity index is 2.13. The SMILES string of the molecule is Cc1ccc(CC(N)=O)cc1-c1n[nH]c2c[nH]cc12. The Labute approximate surface area is 109 Å². The minimum absolute atomic E-state index is 0.244. The molecule has 0 radical (unpaired) electrons. The summed E-state index contributed by atoms with van der Waals surface area (Å²) in [5, 5.41) is 8.37. The molecule has 0 unspecified atom stereocenters. The summed E-state index contributed by atoms with van der Waals surface area (Å²) in [5.74, 6) is -0.330. The maximum absolute atomic E-state index is 11.0. The number of aryl methyl sites for hydroxylation is 1. The molecule has 3 aromatic rings. The lowest BCUT2D eigenvalue weighted by atomic mass is 9.99. The molecule has 0 saturated carbocycles. The van der Waals surface area contributed by atoms with Crippen molar-refractivity contribution in [2.75, 3.05) is 0 Å². The molecule has 4 N–H and O–H groups in total. The Hall–Kier alpha value is -2.56. The fourth-order valence-electron chi connectivity index (χ4n) is 2.27. The fourth-order valence-corrected chi connectivity index (χ4v) is 2.27. The number of primary amides is 1. The number of benzene rings is 1. The maximum Gasteiger partial charge on any atom is 0.221 e. The molecule has 0 spiro atoms. The lowest BCUT2D eigenvalue weighted by Gasteiger charge is -2.06. The van der Waals surface area contributed by atoms with Crippen molar-refractivity contribution in [3.63, 3.8) is 0 Å². The van der Waals surface area contributed by atoms with Gasteiger partial charge in [-0.25, -0.2) is 0 Å². The third-order valence-corrected chi connectivity index (χ3v) is 3.22. The van der Waals surface area contributed by atoms with E-state index in [1.54, 1.807) is 0 Å². The number of aromatic nitrogens is 3. The van der Waals surface area contributed by atoms with E-state index in [9.17, 15) is 4.79 Å². The summed E-state index contributed by atoms with van der Waals surface area (Å²) in [5.41, 5.74) is 10.1. The molecule has 1 amide bonds. The van der Waals surface area contributed by atoms with Crippen LogP contribution in [-0.4, -0.2) is 21.1 Å². The number of fused-ring (bicyclic) bond motifs is 1. The number of hydrogen-bond acceptors (Lipinski definition) is 2. The Morgan fingerprint density at radius 2 is 2.21 bits per heavy atom. The van der Waals surface area contributed by atoms with Gasteiger partial charge in [0.05, 0.1) is 11.9 Å². The van der Waals surface area contributed by atoms with Gasteiger partial charge in [-0.15, -0.1) is 0 Å². The van der Waals surface area contributed by atoms with Crippen molar-refractivity contribution in [1.29, 1.82) is 0 Å². The minimum atomic E-state index is -0.330. The molecule has 0 fully saturated rings. The third-order valence-electron chi connectivity index (χ3n) is 3.22. The molecule has 5 nitrogen and oxygen atoms in total. The lowest BCUT2D eigenvalue weighted by Crippen LogP contribution is -2.13. The van der Waals surface area contributed by atoms with E-state index in [-0.39, 0.29) is 12.3 Å². The first kappa shape index (κ1) is 11.5. The molecular weight excluding hydrogens is 240 g/mol. The summed E-state index contributed by atoms with van der Waals surface area (Å²) in [6.07, 6.45) is 4.02. The molecule has 0 bridgehead atoms. The molecular formula is C14H14N4O. The number of amides is 1. The molecule has 3 rings (SSSR count). The van der Waals surface area contributed by atoms with Gasteiger partial charge in [-0.2, -0.15) is 5.10 Å². The van der Waals surface area contributed by atoms with Gasteiger partial charge < -0.3 is 10.7 Å². The van der Waals surface area contributed by atoms with Gasteiger partial charge in [-0.1, -0.05) is 12.1 Å². The van der Waals surface area contributed by atoms with Crippen molar-refractivity contribution in [1.82, 2.24) is 15.2 Å². The largest absolute Gasteiger partial charge is 0.369 e. The van der Waals surface area contributed by atoms with Crippen molar-refractivity contribution in [3.8, 4) is 11.3 Å². The zero-order chi connectivity index (χ0) is 13.4. The fraction of sp³-hybridized carbons (Fsp3) is 0.143. The Bertz CT molecular complexity index is 754. The third kappa shape index (κ3) is 1.99. The number of carbonyl (C=O) groups is 1. The molecule has 1 aromatic carbocycles. The second kappa shape index (κ2) is 4.28. The van der Waals surface area contributed by atoms with E-state index < -0.39 is 0 Å². The summed E-state index contributed by atoms with van der Waals surface area (Å²) in [7, 11) is 0. The highest BCUT2D eigenvalue weighted by Gasteiger charge is 2.12. The van der Waals surface area contributed by atoms with Crippen LogP contribution in [0.2, 0.25) is 0 Å². The van der Waals surface area contributed by atoms with E-state index in [4.69, 9.17) is 5.73 Å². The average molecular weight is 254 g/mol.